The lowest BCUT2D eigenvalue weighted by atomic mass is 10.0. The summed E-state index contributed by atoms with van der Waals surface area (Å²) in [5, 5.41) is 6.97. The average Bonchev–Trinajstić information content (AvgIpc) is 3.31. The quantitative estimate of drug-likeness (QED) is 0.467. The van der Waals surface area contributed by atoms with Crippen LogP contribution in [0.2, 0.25) is 0 Å². The molecule has 13 heteroatoms. The molecule has 3 heterocycles. The van der Waals surface area contributed by atoms with Gasteiger partial charge in [0, 0.05) is 38.8 Å². The van der Waals surface area contributed by atoms with Crippen LogP contribution in [0.5, 0.6) is 17.2 Å². The molecule has 4 bridgehead atoms. The molecule has 2 aromatic carbocycles. The van der Waals surface area contributed by atoms with Gasteiger partial charge in [-0.1, -0.05) is 26.0 Å². The normalized spacial score (nSPS) is 19.5. The number of aromatic nitrogens is 3. The third kappa shape index (κ3) is 7.23. The van der Waals surface area contributed by atoms with Gasteiger partial charge in [0.05, 0.1) is 31.9 Å². The second-order valence-electron chi connectivity index (χ2n) is 11.3. The number of aromatic amines is 1. The zero-order chi connectivity index (χ0) is 30.7. The summed E-state index contributed by atoms with van der Waals surface area (Å²) < 4.78 is 19.4. The van der Waals surface area contributed by atoms with Crippen molar-refractivity contribution in [1.82, 2.24) is 29.9 Å². The van der Waals surface area contributed by atoms with Crippen LogP contribution in [-0.2, 0) is 23.2 Å². The molecule has 3 aromatic rings. The molecule has 228 valence electrons. The van der Waals surface area contributed by atoms with Crippen molar-refractivity contribution in [3.05, 3.63) is 69.9 Å². The maximum atomic E-state index is 13.4. The number of carbonyl (C=O) groups excluding carboxylic acids is 3. The van der Waals surface area contributed by atoms with Crippen LogP contribution in [0, 0.1) is 5.92 Å². The van der Waals surface area contributed by atoms with Crippen molar-refractivity contribution in [1.29, 1.82) is 0 Å². The van der Waals surface area contributed by atoms with E-state index in [2.05, 4.69) is 15.4 Å². The van der Waals surface area contributed by atoms with Crippen LogP contribution in [0.25, 0.3) is 0 Å². The van der Waals surface area contributed by atoms with E-state index in [1.807, 2.05) is 32.0 Å². The largest absolute Gasteiger partial charge is 0.493 e. The molecule has 2 aliphatic heterocycles. The minimum absolute atomic E-state index is 0.0610. The van der Waals surface area contributed by atoms with Gasteiger partial charge in [-0.2, -0.15) is 0 Å². The number of rotatable bonds is 4. The number of fused-ring (bicyclic) bond motifs is 5. The minimum Gasteiger partial charge on any atom is -0.493 e. The van der Waals surface area contributed by atoms with Crippen molar-refractivity contribution in [2.24, 2.45) is 13.0 Å². The number of ether oxygens (including phenoxy) is 3. The van der Waals surface area contributed by atoms with Crippen LogP contribution in [0.15, 0.2) is 47.3 Å². The van der Waals surface area contributed by atoms with Gasteiger partial charge in [0.15, 0.2) is 0 Å². The molecular formula is C30H36N6O7. The zero-order valence-corrected chi connectivity index (χ0v) is 24.7. The SMILES string of the molecule is CC(C)COc1cc2cc(c1)C(=O)N(C)CC(=O)N[C@H]1CCN(C(=O)c3nn(C)c(=O)[nH]3)C[C@@H]1OCc1cccc(c1)O2. The first-order chi connectivity index (χ1) is 20.5. The standard InChI is InChI=1S/C30H36N6O7/c1-18(2)16-41-22-11-20-12-23(13-22)43-21-7-5-6-19(10-21)17-42-25-14-36(29(39)27-32-30(40)35(4)33-27)9-8-24(25)31-26(37)15-34(3)28(20)38/h5-7,10-13,18,24-25H,8-9,14-17H2,1-4H3,(H,31,37)(H,32,33,40)/t24-,25-/m0/s1. The van der Waals surface area contributed by atoms with Crippen LogP contribution in [0.3, 0.4) is 0 Å². The van der Waals surface area contributed by atoms with Gasteiger partial charge in [0.25, 0.3) is 11.8 Å². The Kier molecular flexibility index (Phi) is 8.81. The van der Waals surface area contributed by atoms with E-state index >= 15 is 0 Å². The molecule has 2 atom stereocenters. The fourth-order valence-corrected chi connectivity index (χ4v) is 4.98. The highest BCUT2D eigenvalue weighted by Gasteiger charge is 2.35. The fourth-order valence-electron chi connectivity index (χ4n) is 4.98. The van der Waals surface area contributed by atoms with E-state index in [4.69, 9.17) is 14.2 Å². The number of benzene rings is 2. The molecule has 3 amide bonds. The lowest BCUT2D eigenvalue weighted by molar-refractivity contribution is -0.124. The summed E-state index contributed by atoms with van der Waals surface area (Å²) in [5.41, 5.74) is 0.656. The summed E-state index contributed by atoms with van der Waals surface area (Å²) in [6, 6.07) is 11.9. The molecule has 1 fully saturated rings. The number of hydrogen-bond acceptors (Lipinski definition) is 8. The fraction of sp³-hybridized carbons (Fsp3) is 0.433. The first-order valence-electron chi connectivity index (χ1n) is 14.2. The minimum atomic E-state index is -0.566. The van der Waals surface area contributed by atoms with Crippen molar-refractivity contribution in [3.8, 4) is 17.2 Å². The summed E-state index contributed by atoms with van der Waals surface area (Å²) >= 11 is 0. The Labute approximate surface area is 248 Å². The molecule has 0 radical (unpaired) electrons. The van der Waals surface area contributed by atoms with Gasteiger partial charge in [-0.3, -0.25) is 19.4 Å². The Balaban J connectivity index is 1.42. The Morgan fingerprint density at radius 3 is 2.67 bits per heavy atom. The highest BCUT2D eigenvalue weighted by molar-refractivity contribution is 5.97. The number of H-pyrrole nitrogens is 1. The van der Waals surface area contributed by atoms with E-state index < -0.39 is 23.7 Å². The van der Waals surface area contributed by atoms with E-state index in [0.717, 1.165) is 10.2 Å². The molecule has 0 unspecified atom stereocenters. The van der Waals surface area contributed by atoms with Gasteiger partial charge in [0.1, 0.15) is 17.2 Å². The third-order valence-electron chi connectivity index (χ3n) is 7.20. The van der Waals surface area contributed by atoms with Gasteiger partial charge in [0.2, 0.25) is 11.7 Å². The second kappa shape index (κ2) is 12.7. The smallest absolute Gasteiger partial charge is 0.343 e. The van der Waals surface area contributed by atoms with E-state index in [0.29, 0.717) is 42.4 Å². The summed E-state index contributed by atoms with van der Waals surface area (Å²) in [5.74, 6) is 0.518. The maximum Gasteiger partial charge on any atom is 0.343 e. The lowest BCUT2D eigenvalue weighted by Crippen LogP contribution is -2.57. The molecule has 43 heavy (non-hydrogen) atoms. The number of likely N-dealkylation sites (N-methyl/N-ethyl adjacent to an activating group) is 1. The number of nitrogens with zero attached hydrogens (tertiary/aromatic N) is 4. The van der Waals surface area contributed by atoms with Gasteiger partial charge in [-0.25, -0.2) is 9.48 Å². The summed E-state index contributed by atoms with van der Waals surface area (Å²) in [7, 11) is 3.01. The molecule has 2 aliphatic rings. The first kappa shape index (κ1) is 29.8. The van der Waals surface area contributed by atoms with Gasteiger partial charge >= 0.3 is 5.69 Å². The van der Waals surface area contributed by atoms with Gasteiger partial charge < -0.3 is 29.3 Å². The molecule has 0 saturated carbocycles. The number of aryl methyl sites for hydroxylation is 1. The number of amides is 3. The Morgan fingerprint density at radius 1 is 1.12 bits per heavy atom. The lowest BCUT2D eigenvalue weighted by Gasteiger charge is -2.38. The van der Waals surface area contributed by atoms with Crippen molar-refractivity contribution in [3.63, 3.8) is 0 Å². The topological polar surface area (TPSA) is 148 Å². The number of hydrogen-bond donors (Lipinski definition) is 2. The monoisotopic (exact) mass is 592 g/mol. The van der Waals surface area contributed by atoms with Gasteiger partial charge in [-0.15, -0.1) is 5.10 Å². The van der Waals surface area contributed by atoms with Gasteiger partial charge in [-0.05, 0) is 42.2 Å². The third-order valence-corrected chi connectivity index (χ3v) is 7.20. The predicted molar refractivity (Wildman–Crippen MR) is 155 cm³/mol. The Morgan fingerprint density at radius 2 is 1.93 bits per heavy atom. The molecule has 1 saturated heterocycles. The maximum absolute atomic E-state index is 13.4. The molecular weight excluding hydrogens is 556 g/mol. The zero-order valence-electron chi connectivity index (χ0n) is 24.7. The van der Waals surface area contributed by atoms with Crippen LogP contribution >= 0.6 is 0 Å². The number of piperidine rings is 1. The van der Waals surface area contributed by atoms with Crippen LogP contribution < -0.4 is 20.5 Å². The summed E-state index contributed by atoms with van der Waals surface area (Å²) in [4.78, 5) is 56.8. The van der Waals surface area contributed by atoms with Crippen molar-refractivity contribution >= 4 is 17.7 Å². The molecule has 13 nitrogen and oxygen atoms in total. The van der Waals surface area contributed by atoms with Crippen molar-refractivity contribution < 1.29 is 28.6 Å². The van der Waals surface area contributed by atoms with E-state index in [1.54, 1.807) is 36.2 Å². The summed E-state index contributed by atoms with van der Waals surface area (Å²) in [6.07, 6.45) is -0.164. The number of likely N-dealkylation sites (tertiary alicyclic amines) is 1. The highest BCUT2D eigenvalue weighted by Crippen LogP contribution is 2.29. The van der Waals surface area contributed by atoms with Crippen LogP contribution in [0.1, 0.15) is 46.8 Å². The molecule has 0 aliphatic carbocycles. The van der Waals surface area contributed by atoms with E-state index in [-0.39, 0.29) is 43.3 Å². The first-order valence-corrected chi connectivity index (χ1v) is 14.2. The number of carbonyl (C=O) groups is 3. The Hall–Kier alpha value is -4.65. The molecule has 2 N–H and O–H groups in total. The second-order valence-corrected chi connectivity index (χ2v) is 11.3. The predicted octanol–water partition coefficient (Wildman–Crippen LogP) is 1.94. The molecule has 5 rings (SSSR count). The van der Waals surface area contributed by atoms with Crippen LogP contribution in [-0.4, -0.2) is 87.7 Å². The van der Waals surface area contributed by atoms with Crippen molar-refractivity contribution in [2.45, 2.75) is 39.0 Å². The summed E-state index contributed by atoms with van der Waals surface area (Å²) in [6.45, 7) is 5.01. The molecule has 0 spiro atoms. The average molecular weight is 593 g/mol. The number of nitrogens with one attached hydrogen (secondary N) is 2. The van der Waals surface area contributed by atoms with E-state index in [1.165, 1.54) is 11.9 Å². The van der Waals surface area contributed by atoms with Crippen LogP contribution in [0.4, 0.5) is 0 Å². The van der Waals surface area contributed by atoms with E-state index in [9.17, 15) is 19.2 Å². The highest BCUT2D eigenvalue weighted by atomic mass is 16.5. The Bertz CT molecular complexity index is 1560. The molecule has 1 aromatic heterocycles. The van der Waals surface area contributed by atoms with Crippen molar-refractivity contribution in [2.75, 3.05) is 33.3 Å².